The number of hydrogen-bond donors (Lipinski definition) is 1. The van der Waals surface area contributed by atoms with Crippen LogP contribution < -0.4 is 0 Å². The summed E-state index contributed by atoms with van der Waals surface area (Å²) < 4.78 is 0. The third kappa shape index (κ3) is 2.74. The number of carbonyl (C=O) groups is 2. The first-order chi connectivity index (χ1) is 9.24. The molecule has 0 bridgehead atoms. The van der Waals surface area contributed by atoms with Crippen molar-refractivity contribution >= 4 is 17.3 Å². The summed E-state index contributed by atoms with van der Waals surface area (Å²) >= 11 is 0. The monoisotopic (exact) mass is 253 g/mol. The summed E-state index contributed by atoms with van der Waals surface area (Å²) in [4.78, 5) is 24.0. The first-order valence-electron chi connectivity index (χ1n) is 5.65. The second-order valence-electron chi connectivity index (χ2n) is 3.84. The van der Waals surface area contributed by atoms with Crippen molar-refractivity contribution in [2.45, 2.75) is 0 Å². The maximum absolute atomic E-state index is 12.0. The van der Waals surface area contributed by atoms with Gasteiger partial charge in [-0.2, -0.15) is 0 Å². The second kappa shape index (κ2) is 5.73. The molecule has 0 unspecified atom stereocenters. The lowest BCUT2D eigenvalue weighted by Crippen LogP contribution is -2.25. The van der Waals surface area contributed by atoms with E-state index in [1.807, 2.05) is 0 Å². The first kappa shape index (κ1) is 12.7. The zero-order valence-corrected chi connectivity index (χ0v) is 9.98. The van der Waals surface area contributed by atoms with Crippen molar-refractivity contribution in [3.63, 3.8) is 0 Å². The molecule has 2 aromatic carbocycles. The summed E-state index contributed by atoms with van der Waals surface area (Å²) in [6.07, 6.45) is 0. The highest BCUT2D eigenvalue weighted by Crippen LogP contribution is 2.07. The van der Waals surface area contributed by atoms with Crippen molar-refractivity contribution in [1.29, 1.82) is 0 Å². The average Bonchev–Trinajstić information content (AvgIpc) is 2.49. The van der Waals surface area contributed by atoms with Crippen molar-refractivity contribution in [2.24, 2.45) is 5.16 Å². The van der Waals surface area contributed by atoms with E-state index in [1.54, 1.807) is 60.7 Å². The van der Waals surface area contributed by atoms with Gasteiger partial charge in [-0.15, -0.1) is 0 Å². The molecule has 94 valence electrons. The van der Waals surface area contributed by atoms with Crippen molar-refractivity contribution in [2.75, 3.05) is 0 Å². The van der Waals surface area contributed by atoms with Crippen LogP contribution in [0, 0.1) is 0 Å². The minimum Gasteiger partial charge on any atom is -0.410 e. The van der Waals surface area contributed by atoms with Gasteiger partial charge in [0.2, 0.25) is 5.78 Å². The third-order valence-electron chi connectivity index (χ3n) is 2.60. The molecule has 0 aromatic heterocycles. The lowest BCUT2D eigenvalue weighted by Gasteiger charge is -2.03. The molecule has 4 heteroatoms. The van der Waals surface area contributed by atoms with Crippen molar-refractivity contribution in [1.82, 2.24) is 0 Å². The van der Waals surface area contributed by atoms with Crippen molar-refractivity contribution < 1.29 is 14.8 Å². The predicted molar refractivity (Wildman–Crippen MR) is 70.5 cm³/mol. The van der Waals surface area contributed by atoms with Crippen LogP contribution in [0.3, 0.4) is 0 Å². The van der Waals surface area contributed by atoms with Crippen LogP contribution >= 0.6 is 0 Å². The van der Waals surface area contributed by atoms with Gasteiger partial charge < -0.3 is 5.21 Å². The Labute approximate surface area is 110 Å². The van der Waals surface area contributed by atoms with Crippen LogP contribution in [-0.4, -0.2) is 22.5 Å². The topological polar surface area (TPSA) is 66.7 Å². The lowest BCUT2D eigenvalue weighted by atomic mass is 10.00. The fourth-order valence-electron chi connectivity index (χ4n) is 1.66. The number of hydrogen-bond acceptors (Lipinski definition) is 4. The Morgan fingerprint density at radius 3 is 1.74 bits per heavy atom. The highest BCUT2D eigenvalue weighted by molar-refractivity contribution is 6.71. The standard InChI is InChI=1S/C15H11NO3/c17-14(12-9-5-2-6-10-12)15(18)13(16-19)11-7-3-1-4-8-11/h1-10,19H. The highest BCUT2D eigenvalue weighted by atomic mass is 16.4. The largest absolute Gasteiger partial charge is 0.410 e. The summed E-state index contributed by atoms with van der Waals surface area (Å²) in [5.74, 6) is -1.53. The van der Waals surface area contributed by atoms with Gasteiger partial charge in [0, 0.05) is 11.1 Å². The Bertz CT molecular complexity index is 618. The van der Waals surface area contributed by atoms with Crippen molar-refractivity contribution in [3.05, 3.63) is 71.8 Å². The van der Waals surface area contributed by atoms with E-state index in [4.69, 9.17) is 5.21 Å². The van der Waals surface area contributed by atoms with E-state index < -0.39 is 11.6 Å². The molecular weight excluding hydrogens is 242 g/mol. The number of ketones is 2. The number of rotatable bonds is 4. The van der Waals surface area contributed by atoms with E-state index in [2.05, 4.69) is 5.16 Å². The molecular formula is C15H11NO3. The van der Waals surface area contributed by atoms with Crippen LogP contribution in [0.2, 0.25) is 0 Å². The van der Waals surface area contributed by atoms with Crippen molar-refractivity contribution in [3.8, 4) is 0 Å². The molecule has 4 nitrogen and oxygen atoms in total. The van der Waals surface area contributed by atoms with E-state index in [-0.39, 0.29) is 11.3 Å². The summed E-state index contributed by atoms with van der Waals surface area (Å²) in [5.41, 5.74) is 0.415. The molecule has 0 radical (unpaired) electrons. The summed E-state index contributed by atoms with van der Waals surface area (Å²) in [6.45, 7) is 0. The fraction of sp³-hybridized carbons (Fsp3) is 0. The molecule has 2 aromatic rings. The molecule has 0 aliphatic carbocycles. The Hall–Kier alpha value is -2.75. The maximum atomic E-state index is 12.0. The van der Waals surface area contributed by atoms with E-state index >= 15 is 0 Å². The minimum atomic E-state index is -0.833. The quantitative estimate of drug-likeness (QED) is 0.299. The van der Waals surface area contributed by atoms with Gasteiger partial charge >= 0.3 is 0 Å². The van der Waals surface area contributed by atoms with E-state index in [0.717, 1.165) is 0 Å². The molecule has 19 heavy (non-hydrogen) atoms. The van der Waals surface area contributed by atoms with Gasteiger partial charge in [-0.1, -0.05) is 65.8 Å². The van der Waals surface area contributed by atoms with Crippen LogP contribution in [0.1, 0.15) is 15.9 Å². The molecule has 0 fully saturated rings. The molecule has 1 N–H and O–H groups in total. The Kier molecular flexibility index (Phi) is 3.83. The maximum Gasteiger partial charge on any atom is 0.255 e. The van der Waals surface area contributed by atoms with Gasteiger partial charge in [-0.3, -0.25) is 9.59 Å². The number of carbonyl (C=O) groups excluding carboxylic acids is 2. The normalized spacial score (nSPS) is 11.1. The SMILES string of the molecule is O=C(C(=O)c1ccccc1)C(=NO)c1ccccc1. The molecule has 0 amide bonds. The number of nitrogens with zero attached hydrogens (tertiary/aromatic N) is 1. The van der Waals surface area contributed by atoms with Gasteiger partial charge in [0.15, 0.2) is 5.71 Å². The van der Waals surface area contributed by atoms with E-state index in [0.29, 0.717) is 5.56 Å². The summed E-state index contributed by atoms with van der Waals surface area (Å²) in [6, 6.07) is 16.5. The van der Waals surface area contributed by atoms with Crippen LogP contribution in [0.5, 0.6) is 0 Å². The number of oxime groups is 1. The molecule has 0 atom stereocenters. The molecule has 0 aliphatic heterocycles. The Balaban J connectivity index is 2.31. The molecule has 0 saturated heterocycles. The number of Topliss-reactive ketones (excluding diaryl/α,β-unsaturated/α-hetero) is 2. The minimum absolute atomic E-state index is 0.255. The van der Waals surface area contributed by atoms with Gasteiger partial charge in [0.05, 0.1) is 0 Å². The Morgan fingerprint density at radius 1 is 0.789 bits per heavy atom. The second-order valence-corrected chi connectivity index (χ2v) is 3.84. The zero-order chi connectivity index (χ0) is 13.7. The number of benzene rings is 2. The first-order valence-corrected chi connectivity index (χ1v) is 5.65. The van der Waals surface area contributed by atoms with Crippen LogP contribution in [0.4, 0.5) is 0 Å². The smallest absolute Gasteiger partial charge is 0.255 e. The van der Waals surface area contributed by atoms with E-state index in [1.165, 1.54) is 0 Å². The third-order valence-corrected chi connectivity index (χ3v) is 2.60. The molecule has 0 saturated carbocycles. The Morgan fingerprint density at radius 2 is 1.26 bits per heavy atom. The van der Waals surface area contributed by atoms with Gasteiger partial charge in [-0.25, -0.2) is 0 Å². The summed E-state index contributed by atoms with van der Waals surface area (Å²) in [5, 5.41) is 11.9. The average molecular weight is 253 g/mol. The highest BCUT2D eigenvalue weighted by Gasteiger charge is 2.23. The van der Waals surface area contributed by atoms with Crippen LogP contribution in [0.25, 0.3) is 0 Å². The molecule has 0 spiro atoms. The zero-order valence-electron chi connectivity index (χ0n) is 9.98. The summed E-state index contributed by atoms with van der Waals surface area (Å²) in [7, 11) is 0. The van der Waals surface area contributed by atoms with Crippen LogP contribution in [-0.2, 0) is 4.79 Å². The van der Waals surface area contributed by atoms with Gasteiger partial charge in [0.25, 0.3) is 5.78 Å². The molecule has 0 heterocycles. The fourth-order valence-corrected chi connectivity index (χ4v) is 1.66. The van der Waals surface area contributed by atoms with Gasteiger partial charge in [-0.05, 0) is 0 Å². The predicted octanol–water partition coefficient (Wildman–Crippen LogP) is 2.32. The van der Waals surface area contributed by atoms with Gasteiger partial charge in [0.1, 0.15) is 0 Å². The van der Waals surface area contributed by atoms with Crippen LogP contribution in [0.15, 0.2) is 65.8 Å². The molecule has 0 aliphatic rings. The lowest BCUT2D eigenvalue weighted by molar-refractivity contribution is -0.109. The van der Waals surface area contributed by atoms with E-state index in [9.17, 15) is 9.59 Å². The molecule has 2 rings (SSSR count).